The Labute approximate surface area is 122 Å². The molecule has 0 heterocycles. The third-order valence-electron chi connectivity index (χ3n) is 5.25. The van der Waals surface area contributed by atoms with Crippen LogP contribution in [0.4, 0.5) is 0 Å². The van der Waals surface area contributed by atoms with Gasteiger partial charge in [0.2, 0.25) is 0 Å². The highest BCUT2D eigenvalue weighted by molar-refractivity contribution is 5.42. The second-order valence-corrected chi connectivity index (χ2v) is 6.70. The highest BCUT2D eigenvalue weighted by Crippen LogP contribution is 2.38. The van der Waals surface area contributed by atoms with Gasteiger partial charge in [-0.05, 0) is 62.3 Å². The first-order chi connectivity index (χ1) is 9.75. The van der Waals surface area contributed by atoms with E-state index >= 15 is 0 Å². The summed E-state index contributed by atoms with van der Waals surface area (Å²) in [5, 5.41) is 10.1. The quantitative estimate of drug-likeness (QED) is 0.888. The molecule has 0 saturated heterocycles. The summed E-state index contributed by atoms with van der Waals surface area (Å²) >= 11 is 0. The average Bonchev–Trinajstić information content (AvgIpc) is 2.48. The second kappa shape index (κ2) is 6.17. The van der Waals surface area contributed by atoms with E-state index in [1.165, 1.54) is 62.6 Å². The molecule has 0 amide bonds. The first-order valence-electron chi connectivity index (χ1n) is 8.26. The van der Waals surface area contributed by atoms with Crippen LogP contribution in [0.2, 0.25) is 0 Å². The van der Waals surface area contributed by atoms with Crippen molar-refractivity contribution in [2.75, 3.05) is 13.6 Å². The second-order valence-electron chi connectivity index (χ2n) is 6.70. The molecule has 1 saturated carbocycles. The lowest BCUT2D eigenvalue weighted by molar-refractivity contribution is 0.168. The van der Waals surface area contributed by atoms with Gasteiger partial charge in [0.25, 0.3) is 0 Å². The molecule has 1 atom stereocenters. The molecule has 20 heavy (non-hydrogen) atoms. The average molecular weight is 273 g/mol. The lowest BCUT2D eigenvalue weighted by atomic mass is 9.84. The molecule has 0 radical (unpaired) electrons. The first kappa shape index (κ1) is 13.9. The monoisotopic (exact) mass is 273 g/mol. The molecule has 1 N–H and O–H groups in total. The van der Waals surface area contributed by atoms with Gasteiger partial charge in [0.05, 0.1) is 0 Å². The molecule has 1 fully saturated rings. The third kappa shape index (κ3) is 2.85. The lowest BCUT2D eigenvalue weighted by Gasteiger charge is -2.36. The van der Waals surface area contributed by atoms with E-state index < -0.39 is 0 Å². The normalized spacial score (nSPS) is 23.8. The minimum absolute atomic E-state index is 0.498. The summed E-state index contributed by atoms with van der Waals surface area (Å²) in [7, 11) is 2.28. The van der Waals surface area contributed by atoms with Gasteiger partial charge in [0.15, 0.2) is 0 Å². The Hall–Kier alpha value is -1.02. The maximum Gasteiger partial charge on any atom is 0.119 e. The largest absolute Gasteiger partial charge is 0.508 e. The molecule has 1 aromatic rings. The Kier molecular flexibility index (Phi) is 4.30. The Morgan fingerprint density at radius 2 is 1.90 bits per heavy atom. The molecule has 0 bridgehead atoms. The molecule has 2 aliphatic rings. The highest BCUT2D eigenvalue weighted by Gasteiger charge is 2.27. The van der Waals surface area contributed by atoms with Crippen LogP contribution >= 0.6 is 0 Å². The zero-order chi connectivity index (χ0) is 13.9. The van der Waals surface area contributed by atoms with Crippen molar-refractivity contribution < 1.29 is 5.11 Å². The van der Waals surface area contributed by atoms with Crippen LogP contribution in [0.3, 0.4) is 0 Å². The zero-order valence-corrected chi connectivity index (χ0v) is 12.6. The van der Waals surface area contributed by atoms with Crippen molar-refractivity contribution in [2.45, 2.75) is 57.4 Å². The number of nitrogens with zero attached hydrogens (tertiary/aromatic N) is 1. The number of fused-ring (bicyclic) bond motifs is 1. The number of hydrogen-bond donors (Lipinski definition) is 1. The minimum atomic E-state index is 0.498. The maximum atomic E-state index is 10.1. The highest BCUT2D eigenvalue weighted by atomic mass is 16.3. The van der Waals surface area contributed by atoms with Crippen molar-refractivity contribution in [2.24, 2.45) is 5.92 Å². The van der Waals surface area contributed by atoms with Gasteiger partial charge in [0, 0.05) is 12.6 Å². The Balaban J connectivity index is 1.72. The number of phenols is 1. The molecule has 0 aliphatic heterocycles. The van der Waals surface area contributed by atoms with Gasteiger partial charge in [-0.3, -0.25) is 4.90 Å². The summed E-state index contributed by atoms with van der Waals surface area (Å²) in [5.74, 6) is 1.38. The van der Waals surface area contributed by atoms with Crippen LogP contribution < -0.4 is 0 Å². The summed E-state index contributed by atoms with van der Waals surface area (Å²) in [6.07, 6.45) is 10.6. The minimum Gasteiger partial charge on any atom is -0.508 e. The summed E-state index contributed by atoms with van der Waals surface area (Å²) in [5.41, 5.74) is 2.56. The first-order valence-corrected chi connectivity index (χ1v) is 8.26. The van der Waals surface area contributed by atoms with E-state index in [1.54, 1.807) is 0 Å². The predicted octanol–water partition coefficient (Wildman–Crippen LogP) is 4.28. The fourth-order valence-electron chi connectivity index (χ4n) is 4.17. The standard InChI is InChI=1S/C18H27NO/c1-19(13-14-7-3-2-4-8-14)17-11-5-10-16-15(17)9-6-12-18(16)20/h6,9,12,14,17,20H,2-5,7-8,10-11,13H2,1H3. The van der Waals surface area contributed by atoms with Crippen LogP contribution in [-0.2, 0) is 6.42 Å². The molecule has 0 aromatic heterocycles. The van der Waals surface area contributed by atoms with Crippen molar-refractivity contribution in [1.29, 1.82) is 0 Å². The van der Waals surface area contributed by atoms with E-state index in [0.29, 0.717) is 11.8 Å². The van der Waals surface area contributed by atoms with Crippen molar-refractivity contribution in [3.63, 3.8) is 0 Å². The van der Waals surface area contributed by atoms with Crippen LogP contribution in [0.5, 0.6) is 5.75 Å². The summed E-state index contributed by atoms with van der Waals surface area (Å²) in [6, 6.07) is 6.56. The van der Waals surface area contributed by atoms with Crippen molar-refractivity contribution in [3.8, 4) is 5.75 Å². The topological polar surface area (TPSA) is 23.5 Å². The van der Waals surface area contributed by atoms with Gasteiger partial charge in [-0.25, -0.2) is 0 Å². The molecular formula is C18H27NO. The summed E-state index contributed by atoms with van der Waals surface area (Å²) < 4.78 is 0. The van der Waals surface area contributed by atoms with Gasteiger partial charge in [-0.2, -0.15) is 0 Å². The summed E-state index contributed by atoms with van der Waals surface area (Å²) in [4.78, 5) is 2.55. The fraction of sp³-hybridized carbons (Fsp3) is 0.667. The van der Waals surface area contributed by atoms with E-state index in [4.69, 9.17) is 0 Å². The number of benzene rings is 1. The number of rotatable bonds is 3. The van der Waals surface area contributed by atoms with Gasteiger partial charge in [0.1, 0.15) is 5.75 Å². The molecule has 110 valence electrons. The van der Waals surface area contributed by atoms with Crippen molar-refractivity contribution in [3.05, 3.63) is 29.3 Å². The smallest absolute Gasteiger partial charge is 0.119 e. The molecular weight excluding hydrogens is 246 g/mol. The fourth-order valence-corrected chi connectivity index (χ4v) is 4.17. The molecule has 2 nitrogen and oxygen atoms in total. The van der Waals surface area contributed by atoms with Crippen molar-refractivity contribution in [1.82, 2.24) is 4.90 Å². The van der Waals surface area contributed by atoms with Crippen LogP contribution in [0, 0.1) is 5.92 Å². The Morgan fingerprint density at radius 1 is 1.10 bits per heavy atom. The van der Waals surface area contributed by atoms with Crippen LogP contribution in [-0.4, -0.2) is 23.6 Å². The van der Waals surface area contributed by atoms with E-state index in [0.717, 1.165) is 12.3 Å². The van der Waals surface area contributed by atoms with Gasteiger partial charge < -0.3 is 5.11 Å². The van der Waals surface area contributed by atoms with E-state index in [-0.39, 0.29) is 0 Å². The van der Waals surface area contributed by atoms with Gasteiger partial charge in [-0.15, -0.1) is 0 Å². The number of phenolic OH excluding ortho intramolecular Hbond substituents is 1. The Morgan fingerprint density at radius 3 is 2.70 bits per heavy atom. The van der Waals surface area contributed by atoms with E-state index in [1.807, 2.05) is 12.1 Å². The van der Waals surface area contributed by atoms with Crippen LogP contribution in [0.15, 0.2) is 18.2 Å². The zero-order valence-electron chi connectivity index (χ0n) is 12.6. The number of aromatic hydroxyl groups is 1. The van der Waals surface area contributed by atoms with Crippen LogP contribution in [0.1, 0.15) is 62.1 Å². The maximum absolute atomic E-state index is 10.1. The third-order valence-corrected chi connectivity index (χ3v) is 5.25. The predicted molar refractivity (Wildman–Crippen MR) is 83.0 cm³/mol. The molecule has 2 aliphatic carbocycles. The summed E-state index contributed by atoms with van der Waals surface area (Å²) in [6.45, 7) is 1.22. The van der Waals surface area contributed by atoms with E-state index in [9.17, 15) is 5.11 Å². The van der Waals surface area contributed by atoms with Crippen molar-refractivity contribution >= 4 is 0 Å². The van der Waals surface area contributed by atoms with E-state index in [2.05, 4.69) is 18.0 Å². The Bertz CT molecular complexity index is 451. The van der Waals surface area contributed by atoms with Gasteiger partial charge >= 0.3 is 0 Å². The molecule has 3 rings (SSSR count). The molecule has 1 unspecified atom stereocenters. The van der Waals surface area contributed by atoms with Crippen LogP contribution in [0.25, 0.3) is 0 Å². The molecule has 1 aromatic carbocycles. The lowest BCUT2D eigenvalue weighted by Crippen LogP contribution is -2.32. The molecule has 0 spiro atoms. The molecule has 2 heteroatoms. The van der Waals surface area contributed by atoms with Gasteiger partial charge in [-0.1, -0.05) is 31.4 Å². The SMILES string of the molecule is CN(CC1CCCCC1)C1CCCc2c(O)cccc21. The number of hydrogen-bond acceptors (Lipinski definition) is 2.